The molecule has 0 aliphatic rings. The highest BCUT2D eigenvalue weighted by atomic mass is 35.5. The van der Waals surface area contributed by atoms with Gasteiger partial charge in [0.25, 0.3) is 0 Å². The lowest BCUT2D eigenvalue weighted by Crippen LogP contribution is -1.95. The number of benzene rings is 2. The Hall–Kier alpha value is -1.87. The lowest BCUT2D eigenvalue weighted by Gasteiger charge is -2.09. The third-order valence-electron chi connectivity index (χ3n) is 2.96. The normalized spacial score (nSPS) is 10.4. The average molecular weight is 293 g/mol. The van der Waals surface area contributed by atoms with Gasteiger partial charge in [-0.2, -0.15) is 0 Å². The number of carbonyl (C=O) groups excluding carboxylic acids is 1. The SMILES string of the molecule is CCc1cc(Oc2ccc(C(C)=O)cc2F)ccc1Cl. The second-order valence-corrected chi connectivity index (χ2v) is 4.82. The molecule has 20 heavy (non-hydrogen) atoms. The van der Waals surface area contributed by atoms with E-state index in [0.29, 0.717) is 16.3 Å². The first-order valence-electron chi connectivity index (χ1n) is 6.28. The van der Waals surface area contributed by atoms with Gasteiger partial charge in [-0.1, -0.05) is 18.5 Å². The van der Waals surface area contributed by atoms with Gasteiger partial charge in [0, 0.05) is 10.6 Å². The number of Topliss-reactive ketones (excluding diaryl/α,β-unsaturated/α-hetero) is 1. The molecule has 0 radical (unpaired) electrons. The molecule has 0 aliphatic heterocycles. The number of hydrogen-bond acceptors (Lipinski definition) is 2. The Labute approximate surface area is 122 Å². The van der Waals surface area contributed by atoms with Crippen LogP contribution in [-0.4, -0.2) is 5.78 Å². The van der Waals surface area contributed by atoms with Crippen molar-refractivity contribution in [2.45, 2.75) is 20.3 Å². The standard InChI is InChI=1S/C16H14ClFO2/c1-3-11-8-13(5-6-14(11)17)20-16-7-4-12(10(2)19)9-15(16)18/h4-9H,3H2,1-2H3. The minimum absolute atomic E-state index is 0.0828. The van der Waals surface area contributed by atoms with Gasteiger partial charge in [-0.15, -0.1) is 0 Å². The fourth-order valence-electron chi connectivity index (χ4n) is 1.82. The topological polar surface area (TPSA) is 26.3 Å². The van der Waals surface area contributed by atoms with Crippen LogP contribution in [0.15, 0.2) is 36.4 Å². The van der Waals surface area contributed by atoms with Gasteiger partial charge >= 0.3 is 0 Å². The van der Waals surface area contributed by atoms with E-state index in [1.54, 1.807) is 18.2 Å². The van der Waals surface area contributed by atoms with E-state index >= 15 is 0 Å². The van der Waals surface area contributed by atoms with Gasteiger partial charge < -0.3 is 4.74 Å². The molecule has 2 nitrogen and oxygen atoms in total. The zero-order chi connectivity index (χ0) is 14.7. The second kappa shape index (κ2) is 6.06. The van der Waals surface area contributed by atoms with Gasteiger partial charge in [0.2, 0.25) is 0 Å². The van der Waals surface area contributed by atoms with Crippen LogP contribution in [0.2, 0.25) is 5.02 Å². The van der Waals surface area contributed by atoms with Crippen LogP contribution in [0.5, 0.6) is 11.5 Å². The maximum atomic E-state index is 13.9. The first-order chi connectivity index (χ1) is 9.51. The molecule has 104 valence electrons. The molecule has 0 spiro atoms. The van der Waals surface area contributed by atoms with Gasteiger partial charge in [0.05, 0.1) is 0 Å². The molecule has 2 rings (SSSR count). The summed E-state index contributed by atoms with van der Waals surface area (Å²) < 4.78 is 19.4. The molecule has 4 heteroatoms. The van der Waals surface area contributed by atoms with Crippen LogP contribution in [-0.2, 0) is 6.42 Å². The highest BCUT2D eigenvalue weighted by Crippen LogP contribution is 2.28. The van der Waals surface area contributed by atoms with Gasteiger partial charge in [-0.3, -0.25) is 4.79 Å². The molecule has 0 unspecified atom stereocenters. The highest BCUT2D eigenvalue weighted by Gasteiger charge is 2.09. The first kappa shape index (κ1) is 14.5. The summed E-state index contributed by atoms with van der Waals surface area (Å²) >= 11 is 6.02. The van der Waals surface area contributed by atoms with E-state index in [0.717, 1.165) is 12.0 Å². The summed E-state index contributed by atoms with van der Waals surface area (Å²) in [7, 11) is 0. The smallest absolute Gasteiger partial charge is 0.166 e. The van der Waals surface area contributed by atoms with Crippen molar-refractivity contribution in [3.8, 4) is 11.5 Å². The lowest BCUT2D eigenvalue weighted by atomic mass is 10.1. The van der Waals surface area contributed by atoms with E-state index in [2.05, 4.69) is 0 Å². The van der Waals surface area contributed by atoms with E-state index in [1.807, 2.05) is 6.92 Å². The number of carbonyl (C=O) groups is 1. The highest BCUT2D eigenvalue weighted by molar-refractivity contribution is 6.31. The third kappa shape index (κ3) is 3.17. The molecule has 0 saturated heterocycles. The summed E-state index contributed by atoms with van der Waals surface area (Å²) in [5.74, 6) is -0.152. The largest absolute Gasteiger partial charge is 0.454 e. The monoisotopic (exact) mass is 292 g/mol. The Balaban J connectivity index is 2.28. The summed E-state index contributed by atoms with van der Waals surface area (Å²) in [4.78, 5) is 11.2. The Kier molecular flexibility index (Phi) is 4.40. The molecular weight excluding hydrogens is 279 g/mol. The number of ketones is 1. The molecule has 0 aromatic heterocycles. The minimum atomic E-state index is -0.564. The summed E-state index contributed by atoms with van der Waals surface area (Å²) in [5, 5.41) is 0.659. The van der Waals surface area contributed by atoms with Crippen molar-refractivity contribution in [2.75, 3.05) is 0 Å². The Morgan fingerprint density at radius 2 is 2.00 bits per heavy atom. The van der Waals surface area contributed by atoms with Crippen LogP contribution in [0, 0.1) is 5.82 Å². The average Bonchev–Trinajstić information content (AvgIpc) is 2.42. The summed E-state index contributed by atoms with van der Waals surface area (Å²) in [6, 6.07) is 9.34. The van der Waals surface area contributed by atoms with Crippen LogP contribution in [0.25, 0.3) is 0 Å². The van der Waals surface area contributed by atoms with Gasteiger partial charge in [0.1, 0.15) is 5.75 Å². The van der Waals surface area contributed by atoms with Crippen molar-refractivity contribution in [3.05, 3.63) is 58.4 Å². The predicted octanol–water partition coefficient (Wildman–Crippen LogP) is 5.04. The molecule has 0 saturated carbocycles. The van der Waals surface area contributed by atoms with Crippen molar-refractivity contribution >= 4 is 17.4 Å². The number of rotatable bonds is 4. The van der Waals surface area contributed by atoms with E-state index < -0.39 is 5.82 Å². The van der Waals surface area contributed by atoms with Gasteiger partial charge in [-0.25, -0.2) is 4.39 Å². The quantitative estimate of drug-likeness (QED) is 0.738. The van der Waals surface area contributed by atoms with E-state index in [4.69, 9.17) is 16.3 Å². The van der Waals surface area contributed by atoms with E-state index in [9.17, 15) is 9.18 Å². The minimum Gasteiger partial charge on any atom is -0.454 e. The van der Waals surface area contributed by atoms with Crippen molar-refractivity contribution < 1.29 is 13.9 Å². The van der Waals surface area contributed by atoms with Crippen LogP contribution in [0.1, 0.15) is 29.8 Å². The zero-order valence-electron chi connectivity index (χ0n) is 11.2. The zero-order valence-corrected chi connectivity index (χ0v) is 12.0. The van der Waals surface area contributed by atoms with Crippen LogP contribution in [0.3, 0.4) is 0 Å². The van der Waals surface area contributed by atoms with Crippen molar-refractivity contribution in [1.29, 1.82) is 0 Å². The van der Waals surface area contributed by atoms with Gasteiger partial charge in [0.15, 0.2) is 17.3 Å². The molecule has 0 aliphatic carbocycles. The number of halogens is 2. The second-order valence-electron chi connectivity index (χ2n) is 4.41. The fraction of sp³-hybridized carbons (Fsp3) is 0.188. The van der Waals surface area contributed by atoms with Crippen molar-refractivity contribution in [3.63, 3.8) is 0 Å². The predicted molar refractivity (Wildman–Crippen MR) is 77.3 cm³/mol. The lowest BCUT2D eigenvalue weighted by molar-refractivity contribution is 0.101. The number of aryl methyl sites for hydroxylation is 1. The maximum Gasteiger partial charge on any atom is 0.166 e. The van der Waals surface area contributed by atoms with Crippen LogP contribution >= 0.6 is 11.6 Å². The molecule has 0 N–H and O–H groups in total. The van der Waals surface area contributed by atoms with Gasteiger partial charge in [-0.05, 0) is 55.3 Å². The number of hydrogen-bond donors (Lipinski definition) is 0. The molecule has 0 amide bonds. The molecule has 0 bridgehead atoms. The summed E-state index contributed by atoms with van der Waals surface area (Å²) in [6.45, 7) is 3.37. The molecule has 0 heterocycles. The molecule has 2 aromatic rings. The van der Waals surface area contributed by atoms with Crippen molar-refractivity contribution in [2.24, 2.45) is 0 Å². The van der Waals surface area contributed by atoms with E-state index in [1.165, 1.54) is 25.1 Å². The van der Waals surface area contributed by atoms with E-state index in [-0.39, 0.29) is 11.5 Å². The third-order valence-corrected chi connectivity index (χ3v) is 3.33. The molecule has 2 aromatic carbocycles. The van der Waals surface area contributed by atoms with Crippen LogP contribution < -0.4 is 4.74 Å². The Morgan fingerprint density at radius 1 is 1.25 bits per heavy atom. The maximum absolute atomic E-state index is 13.9. The van der Waals surface area contributed by atoms with Crippen molar-refractivity contribution in [1.82, 2.24) is 0 Å². The fourth-order valence-corrected chi connectivity index (χ4v) is 2.07. The number of ether oxygens (including phenoxy) is 1. The molecule has 0 atom stereocenters. The Morgan fingerprint density at radius 3 is 2.60 bits per heavy atom. The first-order valence-corrected chi connectivity index (χ1v) is 6.66. The molecular formula is C16H14ClFO2. The Bertz CT molecular complexity index is 653. The van der Waals surface area contributed by atoms with Crippen LogP contribution in [0.4, 0.5) is 4.39 Å². The molecule has 0 fully saturated rings. The summed E-state index contributed by atoms with van der Waals surface area (Å²) in [6.07, 6.45) is 0.766. The summed E-state index contributed by atoms with van der Waals surface area (Å²) in [5.41, 5.74) is 1.25.